The van der Waals surface area contributed by atoms with Gasteiger partial charge in [-0.15, -0.1) is 0 Å². The number of hydrogen-bond acceptors (Lipinski definition) is 2. The highest BCUT2D eigenvalue weighted by atomic mass is 19.1. The van der Waals surface area contributed by atoms with E-state index in [2.05, 4.69) is 5.32 Å². The van der Waals surface area contributed by atoms with Crippen LogP contribution in [0.5, 0.6) is 0 Å². The number of benzene rings is 2. The maximum Gasteiger partial charge on any atom is 0.225 e. The molecule has 1 N–H and O–H groups in total. The minimum atomic E-state index is -0.258. The third kappa shape index (κ3) is 4.08. The maximum absolute atomic E-state index is 13.2. The van der Waals surface area contributed by atoms with E-state index in [9.17, 15) is 14.0 Å². The van der Waals surface area contributed by atoms with Crippen molar-refractivity contribution < 1.29 is 14.0 Å². The topological polar surface area (TPSA) is 49.4 Å². The van der Waals surface area contributed by atoms with Crippen LogP contribution in [0.25, 0.3) is 11.1 Å². The Morgan fingerprint density at radius 1 is 1.11 bits per heavy atom. The summed E-state index contributed by atoms with van der Waals surface area (Å²) >= 11 is 0. The van der Waals surface area contributed by atoms with Crippen LogP contribution in [0.1, 0.15) is 24.8 Å². The Labute approximate surface area is 164 Å². The fourth-order valence-corrected chi connectivity index (χ4v) is 3.97. The van der Waals surface area contributed by atoms with Crippen LogP contribution in [0, 0.1) is 17.7 Å². The summed E-state index contributed by atoms with van der Waals surface area (Å²) < 4.78 is 13.2. The standard InChI is InChI=1S/C23H25FN2O2/c24-21-9-7-17(8-10-21)19-6-1-3-16(13-19)14-20-15-26(12-11-25-22(20)27)23(28)18-4-2-5-18/h1,3,6-10,13,18,20H,2,4-5,11-12,14-15H2,(H,25,27). The Morgan fingerprint density at radius 3 is 2.61 bits per heavy atom. The molecule has 1 saturated carbocycles. The molecule has 2 fully saturated rings. The predicted octanol–water partition coefficient (Wildman–Crippen LogP) is 3.41. The van der Waals surface area contributed by atoms with Crippen LogP contribution in [0.15, 0.2) is 48.5 Å². The molecule has 1 saturated heterocycles. The van der Waals surface area contributed by atoms with Gasteiger partial charge in [-0.05, 0) is 48.1 Å². The Morgan fingerprint density at radius 2 is 1.89 bits per heavy atom. The van der Waals surface area contributed by atoms with Gasteiger partial charge in [-0.25, -0.2) is 4.39 Å². The van der Waals surface area contributed by atoms with Gasteiger partial charge in [0.05, 0.1) is 5.92 Å². The molecule has 0 bridgehead atoms. The number of amides is 2. The van der Waals surface area contributed by atoms with Crippen molar-refractivity contribution in [2.45, 2.75) is 25.7 Å². The van der Waals surface area contributed by atoms with Crippen molar-refractivity contribution >= 4 is 11.8 Å². The molecule has 1 atom stereocenters. The molecule has 0 aromatic heterocycles. The van der Waals surface area contributed by atoms with Gasteiger partial charge < -0.3 is 10.2 Å². The SMILES string of the molecule is O=C1NCCN(C(=O)C2CCC2)CC1Cc1cccc(-c2ccc(F)cc2)c1. The second-order valence-electron chi connectivity index (χ2n) is 7.81. The van der Waals surface area contributed by atoms with Crippen LogP contribution in [0.4, 0.5) is 4.39 Å². The molecule has 0 radical (unpaired) electrons. The lowest BCUT2D eigenvalue weighted by Gasteiger charge is -2.31. The Bertz CT molecular complexity index is 861. The van der Waals surface area contributed by atoms with E-state index in [0.717, 1.165) is 36.0 Å². The lowest BCUT2D eigenvalue weighted by Crippen LogP contribution is -2.42. The van der Waals surface area contributed by atoms with Gasteiger partial charge in [0.2, 0.25) is 11.8 Å². The van der Waals surface area contributed by atoms with Crippen LogP contribution in [0.3, 0.4) is 0 Å². The van der Waals surface area contributed by atoms with Crippen molar-refractivity contribution in [2.24, 2.45) is 11.8 Å². The summed E-state index contributed by atoms with van der Waals surface area (Å²) in [7, 11) is 0. The van der Waals surface area contributed by atoms with Gasteiger partial charge in [0.1, 0.15) is 5.82 Å². The van der Waals surface area contributed by atoms with Crippen LogP contribution < -0.4 is 5.32 Å². The predicted molar refractivity (Wildman–Crippen MR) is 106 cm³/mol. The number of nitrogens with one attached hydrogen (secondary N) is 1. The van der Waals surface area contributed by atoms with Gasteiger partial charge in [0.15, 0.2) is 0 Å². The monoisotopic (exact) mass is 380 g/mol. The molecule has 4 nitrogen and oxygen atoms in total. The van der Waals surface area contributed by atoms with E-state index in [0.29, 0.717) is 26.1 Å². The van der Waals surface area contributed by atoms with Crippen molar-refractivity contribution in [3.05, 3.63) is 59.9 Å². The van der Waals surface area contributed by atoms with Crippen LogP contribution in [0.2, 0.25) is 0 Å². The van der Waals surface area contributed by atoms with Gasteiger partial charge in [-0.2, -0.15) is 0 Å². The van der Waals surface area contributed by atoms with E-state index in [4.69, 9.17) is 0 Å². The van der Waals surface area contributed by atoms with Gasteiger partial charge in [0, 0.05) is 25.6 Å². The molecule has 2 aromatic rings. The average molecular weight is 380 g/mol. The normalized spacial score (nSPS) is 20.2. The highest BCUT2D eigenvalue weighted by Crippen LogP contribution is 2.29. The quantitative estimate of drug-likeness (QED) is 0.884. The zero-order valence-corrected chi connectivity index (χ0v) is 15.9. The van der Waals surface area contributed by atoms with Crippen molar-refractivity contribution in [3.8, 4) is 11.1 Å². The Kier molecular flexibility index (Phi) is 5.42. The largest absolute Gasteiger partial charge is 0.354 e. The summed E-state index contributed by atoms with van der Waals surface area (Å²) in [4.78, 5) is 27.1. The van der Waals surface area contributed by atoms with Gasteiger partial charge in [-0.1, -0.05) is 42.8 Å². The summed E-state index contributed by atoms with van der Waals surface area (Å²) in [6, 6.07) is 14.4. The van der Waals surface area contributed by atoms with E-state index in [1.54, 1.807) is 12.1 Å². The average Bonchev–Trinajstić information content (AvgIpc) is 2.83. The van der Waals surface area contributed by atoms with Gasteiger partial charge in [0.25, 0.3) is 0 Å². The molecule has 1 heterocycles. The minimum Gasteiger partial charge on any atom is -0.354 e. The first-order chi connectivity index (χ1) is 13.6. The summed E-state index contributed by atoms with van der Waals surface area (Å²) in [6.07, 6.45) is 3.65. The molecular formula is C23H25FN2O2. The molecule has 5 heteroatoms. The van der Waals surface area contributed by atoms with Crippen LogP contribution in [-0.2, 0) is 16.0 Å². The van der Waals surface area contributed by atoms with E-state index >= 15 is 0 Å². The third-order valence-corrected chi connectivity index (χ3v) is 5.85. The highest BCUT2D eigenvalue weighted by Gasteiger charge is 2.33. The van der Waals surface area contributed by atoms with Crippen molar-refractivity contribution in [3.63, 3.8) is 0 Å². The maximum atomic E-state index is 13.2. The van der Waals surface area contributed by atoms with Crippen LogP contribution in [-0.4, -0.2) is 36.3 Å². The summed E-state index contributed by atoms with van der Waals surface area (Å²) in [5.41, 5.74) is 2.98. The molecule has 0 spiro atoms. The molecule has 1 aliphatic heterocycles. The molecule has 28 heavy (non-hydrogen) atoms. The molecule has 1 unspecified atom stereocenters. The number of rotatable bonds is 4. The minimum absolute atomic E-state index is 0.0103. The number of halogens is 1. The third-order valence-electron chi connectivity index (χ3n) is 5.85. The molecule has 2 aliphatic rings. The Balaban J connectivity index is 1.49. The van der Waals surface area contributed by atoms with Crippen molar-refractivity contribution in [2.75, 3.05) is 19.6 Å². The zero-order chi connectivity index (χ0) is 19.5. The Hall–Kier alpha value is -2.69. The second-order valence-corrected chi connectivity index (χ2v) is 7.81. The fourth-order valence-electron chi connectivity index (χ4n) is 3.97. The summed E-state index contributed by atoms with van der Waals surface area (Å²) in [6.45, 7) is 1.58. The van der Waals surface area contributed by atoms with Crippen LogP contribution >= 0.6 is 0 Å². The second kappa shape index (κ2) is 8.13. The fraction of sp³-hybridized carbons (Fsp3) is 0.391. The number of carbonyl (C=O) groups is 2. The van der Waals surface area contributed by atoms with Gasteiger partial charge >= 0.3 is 0 Å². The van der Waals surface area contributed by atoms with Crippen molar-refractivity contribution in [1.82, 2.24) is 10.2 Å². The molecule has 4 rings (SSSR count). The number of nitrogens with zero attached hydrogens (tertiary/aromatic N) is 1. The number of hydrogen-bond donors (Lipinski definition) is 1. The molecule has 2 aromatic carbocycles. The molecule has 1 aliphatic carbocycles. The van der Waals surface area contributed by atoms with Crippen molar-refractivity contribution in [1.29, 1.82) is 0 Å². The van der Waals surface area contributed by atoms with E-state index in [1.807, 2.05) is 29.2 Å². The first-order valence-corrected chi connectivity index (χ1v) is 10.0. The lowest BCUT2D eigenvalue weighted by atomic mass is 9.84. The summed E-state index contributed by atoms with van der Waals surface area (Å²) in [5, 5.41) is 2.95. The lowest BCUT2D eigenvalue weighted by molar-refractivity contribution is -0.138. The number of carbonyl (C=O) groups excluding carboxylic acids is 2. The first kappa shape index (κ1) is 18.7. The van der Waals surface area contributed by atoms with E-state index in [1.165, 1.54) is 12.1 Å². The molecule has 146 valence electrons. The highest BCUT2D eigenvalue weighted by molar-refractivity contribution is 5.83. The van der Waals surface area contributed by atoms with E-state index in [-0.39, 0.29) is 29.5 Å². The van der Waals surface area contributed by atoms with E-state index < -0.39 is 0 Å². The smallest absolute Gasteiger partial charge is 0.225 e. The summed E-state index contributed by atoms with van der Waals surface area (Å²) in [5.74, 6) is -0.152. The molecular weight excluding hydrogens is 355 g/mol. The zero-order valence-electron chi connectivity index (χ0n) is 15.9. The van der Waals surface area contributed by atoms with Gasteiger partial charge in [-0.3, -0.25) is 9.59 Å². The molecule has 2 amide bonds. The first-order valence-electron chi connectivity index (χ1n) is 10.0.